The molecule has 0 spiro atoms. The van der Waals surface area contributed by atoms with Crippen LogP contribution in [0.3, 0.4) is 0 Å². The summed E-state index contributed by atoms with van der Waals surface area (Å²) in [6, 6.07) is 12.7. The van der Waals surface area contributed by atoms with E-state index in [2.05, 4.69) is 9.80 Å². The molecule has 1 aliphatic rings. The van der Waals surface area contributed by atoms with E-state index in [0.29, 0.717) is 13.0 Å². The highest BCUT2D eigenvalue weighted by molar-refractivity contribution is 5.96. The van der Waals surface area contributed by atoms with Gasteiger partial charge in [0.05, 0.1) is 5.56 Å². The van der Waals surface area contributed by atoms with Gasteiger partial charge in [0.15, 0.2) is 5.78 Å². The van der Waals surface area contributed by atoms with Crippen molar-refractivity contribution < 1.29 is 13.6 Å². The lowest BCUT2D eigenvalue weighted by Gasteiger charge is -2.34. The maximum atomic E-state index is 13.6. The predicted octanol–water partition coefficient (Wildman–Crippen LogP) is 3.36. The standard InChI is InChI=1S/C20H22F2N2O/c21-17-7-5-16(6-8-17)15-24-13-11-23(12-14-24)10-9-20(25)18-3-1-2-4-19(18)22/h1-8H,9-15H2. The van der Waals surface area contributed by atoms with Crippen molar-refractivity contribution in [3.05, 3.63) is 71.3 Å². The van der Waals surface area contributed by atoms with Gasteiger partial charge >= 0.3 is 0 Å². The molecule has 0 aromatic heterocycles. The van der Waals surface area contributed by atoms with Gasteiger partial charge in [-0.3, -0.25) is 9.69 Å². The molecule has 2 aromatic rings. The highest BCUT2D eigenvalue weighted by Crippen LogP contribution is 2.12. The Bertz CT molecular complexity index is 710. The normalized spacial score (nSPS) is 16.1. The molecule has 132 valence electrons. The zero-order valence-electron chi connectivity index (χ0n) is 14.1. The van der Waals surface area contributed by atoms with Crippen molar-refractivity contribution in [3.63, 3.8) is 0 Å². The zero-order valence-corrected chi connectivity index (χ0v) is 14.1. The van der Waals surface area contributed by atoms with Crippen molar-refractivity contribution in [2.75, 3.05) is 32.7 Å². The number of rotatable bonds is 6. The van der Waals surface area contributed by atoms with E-state index in [1.807, 2.05) is 12.1 Å². The van der Waals surface area contributed by atoms with Crippen molar-refractivity contribution in [1.82, 2.24) is 9.80 Å². The zero-order chi connectivity index (χ0) is 17.6. The van der Waals surface area contributed by atoms with E-state index in [4.69, 9.17) is 0 Å². The number of carbonyl (C=O) groups is 1. The Morgan fingerprint density at radius 3 is 2.20 bits per heavy atom. The number of carbonyl (C=O) groups excluding carboxylic acids is 1. The van der Waals surface area contributed by atoms with Crippen LogP contribution in [0.2, 0.25) is 0 Å². The number of Topliss-reactive ketones (excluding diaryl/α,β-unsaturated/α-hetero) is 1. The molecule has 0 unspecified atom stereocenters. The molecular formula is C20H22F2N2O. The first-order chi connectivity index (χ1) is 12.1. The van der Waals surface area contributed by atoms with Gasteiger partial charge in [-0.25, -0.2) is 8.78 Å². The van der Waals surface area contributed by atoms with Crippen LogP contribution in [-0.4, -0.2) is 48.3 Å². The van der Waals surface area contributed by atoms with Gasteiger partial charge in [-0.05, 0) is 29.8 Å². The van der Waals surface area contributed by atoms with Gasteiger partial charge in [0.1, 0.15) is 11.6 Å². The quantitative estimate of drug-likeness (QED) is 0.751. The Labute approximate surface area is 146 Å². The van der Waals surface area contributed by atoms with E-state index < -0.39 is 5.82 Å². The fourth-order valence-electron chi connectivity index (χ4n) is 3.10. The molecule has 0 atom stereocenters. The first kappa shape index (κ1) is 17.7. The number of hydrogen-bond acceptors (Lipinski definition) is 3. The van der Waals surface area contributed by atoms with E-state index in [-0.39, 0.29) is 17.2 Å². The lowest BCUT2D eigenvalue weighted by Crippen LogP contribution is -2.46. The summed E-state index contributed by atoms with van der Waals surface area (Å²) < 4.78 is 26.6. The van der Waals surface area contributed by atoms with Crippen LogP contribution in [0, 0.1) is 11.6 Å². The summed E-state index contributed by atoms with van der Waals surface area (Å²) in [5.74, 6) is -0.809. The van der Waals surface area contributed by atoms with Gasteiger partial charge in [0, 0.05) is 45.7 Å². The minimum absolute atomic E-state index is 0.146. The molecule has 5 heteroatoms. The van der Waals surface area contributed by atoms with Crippen LogP contribution in [0.15, 0.2) is 48.5 Å². The van der Waals surface area contributed by atoms with E-state index in [1.54, 1.807) is 12.1 Å². The Kier molecular flexibility index (Phi) is 5.89. The van der Waals surface area contributed by atoms with Crippen molar-refractivity contribution in [2.24, 2.45) is 0 Å². The molecule has 0 aliphatic carbocycles. The molecule has 1 heterocycles. The summed E-state index contributed by atoms with van der Waals surface area (Å²) in [4.78, 5) is 16.7. The Balaban J connectivity index is 1.43. The summed E-state index contributed by atoms with van der Waals surface area (Å²) in [5, 5.41) is 0. The number of piperazine rings is 1. The monoisotopic (exact) mass is 344 g/mol. The van der Waals surface area contributed by atoms with Crippen LogP contribution in [0.1, 0.15) is 22.3 Å². The summed E-state index contributed by atoms with van der Waals surface area (Å²) in [6.07, 6.45) is 0.332. The topological polar surface area (TPSA) is 23.6 Å². The highest BCUT2D eigenvalue weighted by atomic mass is 19.1. The maximum absolute atomic E-state index is 13.6. The van der Waals surface area contributed by atoms with Gasteiger partial charge in [-0.15, -0.1) is 0 Å². The molecule has 1 aliphatic heterocycles. The number of ketones is 1. The molecular weight excluding hydrogens is 322 g/mol. The van der Waals surface area contributed by atoms with Crippen LogP contribution in [0.4, 0.5) is 8.78 Å². The largest absolute Gasteiger partial charge is 0.300 e. The van der Waals surface area contributed by atoms with Gasteiger partial charge in [0.2, 0.25) is 0 Å². The molecule has 0 radical (unpaired) electrons. The fraction of sp³-hybridized carbons (Fsp3) is 0.350. The average Bonchev–Trinajstić information content (AvgIpc) is 2.63. The molecule has 3 nitrogen and oxygen atoms in total. The van der Waals surface area contributed by atoms with Crippen molar-refractivity contribution in [2.45, 2.75) is 13.0 Å². The second-order valence-electron chi connectivity index (χ2n) is 6.40. The molecule has 3 rings (SSSR count). The third-order valence-electron chi connectivity index (χ3n) is 4.61. The molecule has 2 aromatic carbocycles. The minimum atomic E-state index is -0.448. The predicted molar refractivity (Wildman–Crippen MR) is 93.5 cm³/mol. The summed E-state index contributed by atoms with van der Waals surface area (Å²) >= 11 is 0. The number of hydrogen-bond donors (Lipinski definition) is 0. The summed E-state index contributed by atoms with van der Waals surface area (Å²) in [7, 11) is 0. The van der Waals surface area contributed by atoms with E-state index in [9.17, 15) is 13.6 Å². The van der Waals surface area contributed by atoms with Gasteiger partial charge in [-0.2, -0.15) is 0 Å². The molecule has 1 fully saturated rings. The Hall–Kier alpha value is -2.11. The lowest BCUT2D eigenvalue weighted by molar-refractivity contribution is 0.0919. The van der Waals surface area contributed by atoms with Crippen LogP contribution in [0.5, 0.6) is 0 Å². The molecule has 25 heavy (non-hydrogen) atoms. The van der Waals surface area contributed by atoms with E-state index >= 15 is 0 Å². The van der Waals surface area contributed by atoms with Crippen LogP contribution >= 0.6 is 0 Å². The summed E-state index contributed by atoms with van der Waals surface area (Å²) in [6.45, 7) is 5.04. The van der Waals surface area contributed by atoms with Gasteiger partial charge in [-0.1, -0.05) is 24.3 Å². The Morgan fingerprint density at radius 2 is 1.52 bits per heavy atom. The van der Waals surface area contributed by atoms with Gasteiger partial charge < -0.3 is 4.90 Å². The van der Waals surface area contributed by atoms with Crippen LogP contribution in [0.25, 0.3) is 0 Å². The lowest BCUT2D eigenvalue weighted by atomic mass is 10.1. The molecule has 0 saturated carbocycles. The average molecular weight is 344 g/mol. The van der Waals surface area contributed by atoms with Crippen molar-refractivity contribution in [3.8, 4) is 0 Å². The molecule has 0 N–H and O–H groups in total. The highest BCUT2D eigenvalue weighted by Gasteiger charge is 2.18. The Morgan fingerprint density at radius 1 is 0.880 bits per heavy atom. The third kappa shape index (κ3) is 4.94. The fourth-order valence-corrected chi connectivity index (χ4v) is 3.10. The van der Waals surface area contributed by atoms with Crippen molar-refractivity contribution >= 4 is 5.78 Å². The van der Waals surface area contributed by atoms with Crippen LogP contribution in [-0.2, 0) is 6.54 Å². The minimum Gasteiger partial charge on any atom is -0.300 e. The van der Waals surface area contributed by atoms with Crippen LogP contribution < -0.4 is 0 Å². The number of benzene rings is 2. The first-order valence-electron chi connectivity index (χ1n) is 8.59. The second-order valence-corrected chi connectivity index (χ2v) is 6.40. The van der Waals surface area contributed by atoms with Crippen molar-refractivity contribution in [1.29, 1.82) is 0 Å². The number of nitrogens with zero attached hydrogens (tertiary/aromatic N) is 2. The third-order valence-corrected chi connectivity index (χ3v) is 4.61. The first-order valence-corrected chi connectivity index (χ1v) is 8.59. The van der Waals surface area contributed by atoms with Gasteiger partial charge in [0.25, 0.3) is 0 Å². The molecule has 1 saturated heterocycles. The maximum Gasteiger partial charge on any atom is 0.167 e. The second kappa shape index (κ2) is 8.32. The van der Waals surface area contributed by atoms with E-state index in [0.717, 1.165) is 38.3 Å². The summed E-state index contributed by atoms with van der Waals surface area (Å²) in [5.41, 5.74) is 1.28. The number of halogens is 2. The SMILES string of the molecule is O=C(CCN1CCN(Cc2ccc(F)cc2)CC1)c1ccccc1F. The smallest absolute Gasteiger partial charge is 0.167 e. The molecule has 0 bridgehead atoms. The molecule has 0 amide bonds. The van der Waals surface area contributed by atoms with E-state index in [1.165, 1.54) is 24.3 Å².